The SMILES string of the molecule is C=CCOC[C@@H]1CCCCN1c1cc(Cl)c(C#N)cc1N. The Balaban J connectivity index is 2.23. The van der Waals surface area contributed by atoms with E-state index in [0.29, 0.717) is 29.5 Å². The molecule has 0 aromatic heterocycles. The molecule has 0 amide bonds. The van der Waals surface area contributed by atoms with E-state index >= 15 is 0 Å². The van der Waals surface area contributed by atoms with Crippen LogP contribution in [-0.4, -0.2) is 25.8 Å². The number of anilines is 2. The van der Waals surface area contributed by atoms with Gasteiger partial charge in [-0.05, 0) is 31.4 Å². The third-order valence-corrected chi connectivity index (χ3v) is 4.03. The molecule has 0 aliphatic carbocycles. The fraction of sp³-hybridized carbons (Fsp3) is 0.438. The smallest absolute Gasteiger partial charge is 0.101 e. The van der Waals surface area contributed by atoms with Crippen molar-refractivity contribution in [1.82, 2.24) is 0 Å². The largest absolute Gasteiger partial charge is 0.397 e. The summed E-state index contributed by atoms with van der Waals surface area (Å²) in [5.74, 6) is 0. The molecule has 1 fully saturated rings. The van der Waals surface area contributed by atoms with E-state index in [-0.39, 0.29) is 6.04 Å². The predicted molar refractivity (Wildman–Crippen MR) is 86.6 cm³/mol. The lowest BCUT2D eigenvalue weighted by atomic mass is 10.0. The number of halogens is 1. The highest BCUT2D eigenvalue weighted by molar-refractivity contribution is 6.32. The third-order valence-electron chi connectivity index (χ3n) is 3.72. The summed E-state index contributed by atoms with van der Waals surface area (Å²) in [4.78, 5) is 2.24. The summed E-state index contributed by atoms with van der Waals surface area (Å²) in [5.41, 5.74) is 8.00. The van der Waals surface area contributed by atoms with Crippen LogP contribution in [0.5, 0.6) is 0 Å². The average Bonchev–Trinajstić information content (AvgIpc) is 2.50. The Morgan fingerprint density at radius 2 is 2.33 bits per heavy atom. The third kappa shape index (κ3) is 3.69. The molecular weight excluding hydrogens is 286 g/mol. The second kappa shape index (κ2) is 7.35. The standard InChI is InChI=1S/C16H20ClN3O/c1-2-7-21-11-13-5-3-4-6-20(13)16-9-14(17)12(10-18)8-15(16)19/h2,8-9,13H,1,3-7,11,19H2/t13-/m0/s1. The minimum atomic E-state index is 0.282. The van der Waals surface area contributed by atoms with E-state index in [2.05, 4.69) is 17.5 Å². The molecule has 0 bridgehead atoms. The quantitative estimate of drug-likeness (QED) is 0.515. The fourth-order valence-electron chi connectivity index (χ4n) is 2.69. The molecule has 1 saturated heterocycles. The zero-order chi connectivity index (χ0) is 15.2. The first-order chi connectivity index (χ1) is 10.2. The molecule has 112 valence electrons. The number of nitrogens with zero attached hydrogens (tertiary/aromatic N) is 2. The molecule has 1 atom stereocenters. The van der Waals surface area contributed by atoms with Gasteiger partial charge in [0.1, 0.15) is 6.07 Å². The van der Waals surface area contributed by atoms with Gasteiger partial charge in [-0.25, -0.2) is 0 Å². The van der Waals surface area contributed by atoms with Gasteiger partial charge < -0.3 is 15.4 Å². The van der Waals surface area contributed by atoms with Gasteiger partial charge in [-0.15, -0.1) is 6.58 Å². The summed E-state index contributed by atoms with van der Waals surface area (Å²) in [6.45, 7) is 5.78. The van der Waals surface area contributed by atoms with Gasteiger partial charge in [0.25, 0.3) is 0 Å². The molecule has 1 heterocycles. The Kier molecular flexibility index (Phi) is 5.49. The molecule has 0 spiro atoms. The molecule has 2 N–H and O–H groups in total. The summed E-state index contributed by atoms with van der Waals surface area (Å²) in [6.07, 6.45) is 5.12. The molecule has 1 aromatic carbocycles. The number of nitrogen functional groups attached to an aromatic ring is 1. The van der Waals surface area contributed by atoms with Crippen molar-refractivity contribution in [2.45, 2.75) is 25.3 Å². The highest BCUT2D eigenvalue weighted by atomic mass is 35.5. The second-order valence-electron chi connectivity index (χ2n) is 5.17. The zero-order valence-corrected chi connectivity index (χ0v) is 12.8. The van der Waals surface area contributed by atoms with E-state index in [1.54, 1.807) is 18.2 Å². The first-order valence-corrected chi connectivity index (χ1v) is 7.49. The molecule has 0 radical (unpaired) electrons. The highest BCUT2D eigenvalue weighted by Gasteiger charge is 2.25. The Labute approximate surface area is 130 Å². The van der Waals surface area contributed by atoms with Crippen LogP contribution in [0.1, 0.15) is 24.8 Å². The predicted octanol–water partition coefficient (Wildman–Crippen LogP) is 3.36. The zero-order valence-electron chi connectivity index (χ0n) is 12.0. The number of piperidine rings is 1. The summed E-state index contributed by atoms with van der Waals surface area (Å²) >= 11 is 6.15. The van der Waals surface area contributed by atoms with Crippen LogP contribution in [0, 0.1) is 11.3 Å². The van der Waals surface area contributed by atoms with Gasteiger partial charge in [-0.2, -0.15) is 5.26 Å². The van der Waals surface area contributed by atoms with Gasteiger partial charge in [0.05, 0.1) is 41.2 Å². The number of nitrogens with two attached hydrogens (primary N) is 1. The molecule has 21 heavy (non-hydrogen) atoms. The van der Waals surface area contributed by atoms with Crippen LogP contribution in [-0.2, 0) is 4.74 Å². The van der Waals surface area contributed by atoms with E-state index in [4.69, 9.17) is 27.3 Å². The monoisotopic (exact) mass is 305 g/mol. The Morgan fingerprint density at radius 1 is 1.52 bits per heavy atom. The van der Waals surface area contributed by atoms with Crippen molar-refractivity contribution in [3.63, 3.8) is 0 Å². The van der Waals surface area contributed by atoms with Crippen molar-refractivity contribution >= 4 is 23.0 Å². The van der Waals surface area contributed by atoms with Crippen molar-refractivity contribution in [3.05, 3.63) is 35.4 Å². The maximum Gasteiger partial charge on any atom is 0.101 e. The lowest BCUT2D eigenvalue weighted by Crippen LogP contribution is -2.43. The molecule has 0 unspecified atom stereocenters. The van der Waals surface area contributed by atoms with Crippen LogP contribution in [0.4, 0.5) is 11.4 Å². The van der Waals surface area contributed by atoms with Gasteiger partial charge in [-0.1, -0.05) is 17.7 Å². The molecule has 1 aliphatic heterocycles. The number of benzene rings is 1. The van der Waals surface area contributed by atoms with Gasteiger partial charge in [0, 0.05) is 6.54 Å². The van der Waals surface area contributed by atoms with Crippen molar-refractivity contribution < 1.29 is 4.74 Å². The maximum absolute atomic E-state index is 9.01. The minimum absolute atomic E-state index is 0.282. The van der Waals surface area contributed by atoms with Crippen LogP contribution in [0.3, 0.4) is 0 Å². The van der Waals surface area contributed by atoms with Crippen molar-refractivity contribution in [3.8, 4) is 6.07 Å². The van der Waals surface area contributed by atoms with Gasteiger partial charge in [-0.3, -0.25) is 0 Å². The summed E-state index contributed by atoms with van der Waals surface area (Å²) in [6, 6.07) is 5.78. The Morgan fingerprint density at radius 3 is 3.05 bits per heavy atom. The molecule has 0 saturated carbocycles. The number of rotatable bonds is 5. The molecular formula is C16H20ClN3O. The highest BCUT2D eigenvalue weighted by Crippen LogP contribution is 2.34. The molecule has 2 rings (SSSR count). The first kappa shape index (κ1) is 15.7. The molecule has 1 aromatic rings. The van der Waals surface area contributed by atoms with Crippen LogP contribution < -0.4 is 10.6 Å². The number of hydrogen-bond donors (Lipinski definition) is 1. The average molecular weight is 306 g/mol. The number of hydrogen-bond acceptors (Lipinski definition) is 4. The molecule has 1 aliphatic rings. The van der Waals surface area contributed by atoms with Gasteiger partial charge in [0.15, 0.2) is 0 Å². The number of nitriles is 1. The van der Waals surface area contributed by atoms with Gasteiger partial charge in [0.2, 0.25) is 0 Å². The van der Waals surface area contributed by atoms with Crippen molar-refractivity contribution in [2.24, 2.45) is 0 Å². The molecule has 5 heteroatoms. The van der Waals surface area contributed by atoms with Crippen LogP contribution >= 0.6 is 11.6 Å². The topological polar surface area (TPSA) is 62.3 Å². The van der Waals surface area contributed by atoms with Crippen LogP contribution in [0.25, 0.3) is 0 Å². The Bertz CT molecular complexity index is 553. The van der Waals surface area contributed by atoms with Crippen LogP contribution in [0.2, 0.25) is 5.02 Å². The van der Waals surface area contributed by atoms with Crippen molar-refractivity contribution in [2.75, 3.05) is 30.4 Å². The first-order valence-electron chi connectivity index (χ1n) is 7.11. The van der Waals surface area contributed by atoms with E-state index in [0.717, 1.165) is 25.1 Å². The van der Waals surface area contributed by atoms with E-state index in [9.17, 15) is 0 Å². The maximum atomic E-state index is 9.01. The van der Waals surface area contributed by atoms with E-state index < -0.39 is 0 Å². The summed E-state index contributed by atoms with van der Waals surface area (Å²) < 4.78 is 5.60. The number of ether oxygens (including phenoxy) is 1. The van der Waals surface area contributed by atoms with Gasteiger partial charge >= 0.3 is 0 Å². The lowest BCUT2D eigenvalue weighted by Gasteiger charge is -2.38. The lowest BCUT2D eigenvalue weighted by molar-refractivity contribution is 0.136. The second-order valence-corrected chi connectivity index (χ2v) is 5.58. The van der Waals surface area contributed by atoms with E-state index in [1.807, 2.05) is 0 Å². The van der Waals surface area contributed by atoms with Crippen LogP contribution in [0.15, 0.2) is 24.8 Å². The normalized spacial score (nSPS) is 18.3. The van der Waals surface area contributed by atoms with Crippen molar-refractivity contribution in [1.29, 1.82) is 5.26 Å². The minimum Gasteiger partial charge on any atom is -0.397 e. The Hall–Kier alpha value is -1.70. The van der Waals surface area contributed by atoms with E-state index in [1.165, 1.54) is 6.42 Å². The summed E-state index contributed by atoms with van der Waals surface area (Å²) in [5, 5.41) is 9.45. The molecule has 4 nitrogen and oxygen atoms in total. The fourth-order valence-corrected chi connectivity index (χ4v) is 2.89. The summed E-state index contributed by atoms with van der Waals surface area (Å²) in [7, 11) is 0.